The molecule has 0 saturated carbocycles. The van der Waals surface area contributed by atoms with E-state index in [0.29, 0.717) is 37.3 Å². The Morgan fingerprint density at radius 1 is 1.36 bits per heavy atom. The molecule has 0 bridgehead atoms. The van der Waals surface area contributed by atoms with Gasteiger partial charge in [0.25, 0.3) is 0 Å². The number of piperazine rings is 1. The molecule has 2 aromatic rings. The topological polar surface area (TPSA) is 84.6 Å². The molecule has 1 fully saturated rings. The lowest BCUT2D eigenvalue weighted by molar-refractivity contribution is -0.121. The van der Waals surface area contributed by atoms with Crippen molar-refractivity contribution in [2.45, 2.75) is 13.5 Å². The number of hydrogen-bond donors (Lipinski definition) is 0. The molecule has 0 unspecified atom stereocenters. The Kier molecular flexibility index (Phi) is 4.01. The number of hydrogen-bond acceptors (Lipinski definition) is 7. The van der Waals surface area contributed by atoms with Crippen molar-refractivity contribution in [1.29, 1.82) is 0 Å². The van der Waals surface area contributed by atoms with Gasteiger partial charge in [0.1, 0.15) is 0 Å². The molecular formula is C14H17N5O3. The predicted octanol–water partition coefficient (Wildman–Crippen LogP) is 0.630. The Bertz CT molecular complexity index is 672. The molecular weight excluding hydrogens is 286 g/mol. The second-order valence-corrected chi connectivity index (χ2v) is 5.03. The number of aromatic nitrogens is 3. The number of carbonyl (C=O) groups excluding carboxylic acids is 1. The van der Waals surface area contributed by atoms with Crippen LogP contribution in [0.4, 0.5) is 5.69 Å². The molecule has 0 N–H and O–H groups in total. The largest absolute Gasteiger partial charge is 0.481 e. The molecule has 8 heteroatoms. The second-order valence-electron chi connectivity index (χ2n) is 5.03. The summed E-state index contributed by atoms with van der Waals surface area (Å²) in [5.41, 5.74) is 0.796. The van der Waals surface area contributed by atoms with Gasteiger partial charge in [-0.3, -0.25) is 9.69 Å². The monoisotopic (exact) mass is 303 g/mol. The van der Waals surface area contributed by atoms with Crippen LogP contribution in [0.25, 0.3) is 0 Å². The molecule has 1 saturated heterocycles. The van der Waals surface area contributed by atoms with Gasteiger partial charge < -0.3 is 14.1 Å². The molecule has 0 aromatic carbocycles. The van der Waals surface area contributed by atoms with E-state index in [9.17, 15) is 4.79 Å². The fourth-order valence-corrected chi connectivity index (χ4v) is 2.40. The second kappa shape index (κ2) is 6.10. The van der Waals surface area contributed by atoms with E-state index in [1.807, 2.05) is 4.90 Å². The zero-order valence-corrected chi connectivity index (χ0v) is 12.5. The molecule has 0 atom stereocenters. The van der Waals surface area contributed by atoms with Crippen LogP contribution in [0, 0.1) is 6.92 Å². The molecule has 0 radical (unpaired) electrons. The lowest BCUT2D eigenvalue weighted by Crippen LogP contribution is -2.50. The SMILES string of the molecule is COc1cc(N2CCN(Cc3nnc(C)o3)CC2=O)ccn1. The minimum Gasteiger partial charge on any atom is -0.481 e. The van der Waals surface area contributed by atoms with Crippen LogP contribution in [0.3, 0.4) is 0 Å². The van der Waals surface area contributed by atoms with Crippen LogP contribution in [-0.2, 0) is 11.3 Å². The summed E-state index contributed by atoms with van der Waals surface area (Å²) in [4.78, 5) is 20.1. The summed E-state index contributed by atoms with van der Waals surface area (Å²) < 4.78 is 10.4. The zero-order valence-electron chi connectivity index (χ0n) is 12.5. The van der Waals surface area contributed by atoms with Crippen molar-refractivity contribution in [1.82, 2.24) is 20.1 Å². The van der Waals surface area contributed by atoms with Gasteiger partial charge in [-0.2, -0.15) is 0 Å². The maximum Gasteiger partial charge on any atom is 0.241 e. The van der Waals surface area contributed by atoms with Gasteiger partial charge in [0.15, 0.2) is 0 Å². The highest BCUT2D eigenvalue weighted by Crippen LogP contribution is 2.21. The Balaban J connectivity index is 1.65. The third-order valence-electron chi connectivity index (χ3n) is 3.47. The molecule has 0 aliphatic carbocycles. The van der Waals surface area contributed by atoms with Crippen LogP contribution < -0.4 is 9.64 Å². The van der Waals surface area contributed by atoms with E-state index in [-0.39, 0.29) is 5.91 Å². The van der Waals surface area contributed by atoms with E-state index in [4.69, 9.17) is 9.15 Å². The summed E-state index contributed by atoms with van der Waals surface area (Å²) in [5, 5.41) is 7.75. The lowest BCUT2D eigenvalue weighted by atomic mass is 10.2. The summed E-state index contributed by atoms with van der Waals surface area (Å²) in [6.45, 7) is 3.87. The molecule has 1 amide bonds. The Hall–Kier alpha value is -2.48. The van der Waals surface area contributed by atoms with Gasteiger partial charge in [-0.25, -0.2) is 4.98 Å². The molecule has 3 heterocycles. The molecule has 1 aliphatic heterocycles. The van der Waals surface area contributed by atoms with Crippen molar-refractivity contribution in [2.75, 3.05) is 31.6 Å². The van der Waals surface area contributed by atoms with Gasteiger partial charge in [0, 0.05) is 32.3 Å². The quantitative estimate of drug-likeness (QED) is 0.819. The maximum absolute atomic E-state index is 12.4. The predicted molar refractivity (Wildman–Crippen MR) is 77.5 cm³/mol. The first kappa shape index (κ1) is 14.5. The van der Waals surface area contributed by atoms with E-state index < -0.39 is 0 Å². The van der Waals surface area contributed by atoms with Gasteiger partial charge in [0.2, 0.25) is 23.6 Å². The molecule has 1 aliphatic rings. The van der Waals surface area contributed by atoms with Gasteiger partial charge >= 0.3 is 0 Å². The van der Waals surface area contributed by atoms with Crippen molar-refractivity contribution >= 4 is 11.6 Å². The summed E-state index contributed by atoms with van der Waals surface area (Å²) in [6, 6.07) is 3.56. The Labute approximate surface area is 127 Å². The molecule has 2 aromatic heterocycles. The number of ether oxygens (including phenoxy) is 1. The van der Waals surface area contributed by atoms with Crippen molar-refractivity contribution in [3.05, 3.63) is 30.1 Å². The number of methoxy groups -OCH3 is 1. The molecule has 22 heavy (non-hydrogen) atoms. The molecule has 8 nitrogen and oxygen atoms in total. The lowest BCUT2D eigenvalue weighted by Gasteiger charge is -2.33. The summed E-state index contributed by atoms with van der Waals surface area (Å²) in [5.74, 6) is 1.58. The average molecular weight is 303 g/mol. The Morgan fingerprint density at radius 2 is 2.23 bits per heavy atom. The van der Waals surface area contributed by atoms with Crippen LogP contribution in [0.1, 0.15) is 11.8 Å². The number of carbonyl (C=O) groups is 1. The fourth-order valence-electron chi connectivity index (χ4n) is 2.40. The highest BCUT2D eigenvalue weighted by atomic mass is 16.5. The van der Waals surface area contributed by atoms with E-state index in [1.54, 1.807) is 37.3 Å². The Morgan fingerprint density at radius 3 is 2.91 bits per heavy atom. The molecule has 3 rings (SSSR count). The standard InChI is InChI=1S/C14H17N5O3/c1-10-16-17-13(22-10)8-18-5-6-19(14(20)9-18)11-3-4-15-12(7-11)21-2/h3-4,7H,5-6,8-9H2,1-2H3. The van der Waals surface area contributed by atoms with Crippen molar-refractivity contribution in [3.8, 4) is 5.88 Å². The van der Waals surface area contributed by atoms with Crippen LogP contribution in [0.15, 0.2) is 22.7 Å². The normalized spacial score (nSPS) is 16.1. The number of aryl methyl sites for hydroxylation is 1. The first-order valence-corrected chi connectivity index (χ1v) is 6.97. The maximum atomic E-state index is 12.4. The third kappa shape index (κ3) is 3.06. The van der Waals surface area contributed by atoms with Gasteiger partial charge in [-0.15, -0.1) is 10.2 Å². The van der Waals surface area contributed by atoms with Crippen molar-refractivity contribution in [3.63, 3.8) is 0 Å². The molecule has 0 spiro atoms. The van der Waals surface area contributed by atoms with E-state index in [1.165, 1.54) is 0 Å². The minimum atomic E-state index is 0.0238. The highest BCUT2D eigenvalue weighted by Gasteiger charge is 2.26. The first-order chi connectivity index (χ1) is 10.7. The smallest absolute Gasteiger partial charge is 0.241 e. The number of anilines is 1. The van der Waals surface area contributed by atoms with Crippen molar-refractivity contribution < 1.29 is 13.9 Å². The fraction of sp³-hybridized carbons (Fsp3) is 0.429. The van der Waals surface area contributed by atoms with E-state index >= 15 is 0 Å². The molecule has 116 valence electrons. The third-order valence-corrected chi connectivity index (χ3v) is 3.47. The highest BCUT2D eigenvalue weighted by molar-refractivity contribution is 5.95. The minimum absolute atomic E-state index is 0.0238. The van der Waals surface area contributed by atoms with E-state index in [0.717, 1.165) is 12.2 Å². The zero-order chi connectivity index (χ0) is 15.5. The van der Waals surface area contributed by atoms with Crippen LogP contribution in [0.5, 0.6) is 5.88 Å². The summed E-state index contributed by atoms with van der Waals surface area (Å²) >= 11 is 0. The van der Waals surface area contributed by atoms with Crippen LogP contribution in [-0.4, -0.2) is 52.7 Å². The average Bonchev–Trinajstić information content (AvgIpc) is 2.92. The number of rotatable bonds is 4. The number of nitrogens with zero attached hydrogens (tertiary/aromatic N) is 5. The van der Waals surface area contributed by atoms with Gasteiger partial charge in [-0.05, 0) is 6.07 Å². The van der Waals surface area contributed by atoms with Crippen LogP contribution >= 0.6 is 0 Å². The van der Waals surface area contributed by atoms with E-state index in [2.05, 4.69) is 15.2 Å². The van der Waals surface area contributed by atoms with Gasteiger partial charge in [0.05, 0.1) is 25.9 Å². The first-order valence-electron chi connectivity index (χ1n) is 6.97. The summed E-state index contributed by atoms with van der Waals surface area (Å²) in [7, 11) is 1.55. The van der Waals surface area contributed by atoms with Crippen molar-refractivity contribution in [2.24, 2.45) is 0 Å². The number of pyridine rings is 1. The summed E-state index contributed by atoms with van der Waals surface area (Å²) in [6.07, 6.45) is 1.63. The number of amides is 1. The van der Waals surface area contributed by atoms with Gasteiger partial charge in [-0.1, -0.05) is 0 Å². The van der Waals surface area contributed by atoms with Crippen LogP contribution in [0.2, 0.25) is 0 Å².